The lowest BCUT2D eigenvalue weighted by molar-refractivity contribution is -0.228. The van der Waals surface area contributed by atoms with E-state index in [-0.39, 0.29) is 11.3 Å². The first-order valence-electron chi connectivity index (χ1n) is 11.1. The zero-order valence-corrected chi connectivity index (χ0v) is 20.2. The lowest BCUT2D eigenvalue weighted by Crippen LogP contribution is -2.47. The van der Waals surface area contributed by atoms with Gasteiger partial charge in [-0.2, -0.15) is 26.3 Å². The summed E-state index contributed by atoms with van der Waals surface area (Å²) >= 11 is 0. The third-order valence-electron chi connectivity index (χ3n) is 7.06. The van der Waals surface area contributed by atoms with Crippen molar-refractivity contribution in [1.82, 2.24) is 0 Å². The van der Waals surface area contributed by atoms with Crippen molar-refractivity contribution in [3.05, 3.63) is 65.0 Å². The normalized spacial score (nSPS) is 25.2. The Morgan fingerprint density at radius 1 is 0.973 bits per heavy atom. The highest BCUT2D eigenvalue weighted by atomic mass is 32.2. The first-order valence-corrected chi connectivity index (χ1v) is 12.5. The van der Waals surface area contributed by atoms with Gasteiger partial charge in [0.1, 0.15) is 10.6 Å². The van der Waals surface area contributed by atoms with Crippen molar-refractivity contribution in [2.24, 2.45) is 11.7 Å². The Kier molecular flexibility index (Phi) is 7.57. The van der Waals surface area contributed by atoms with Crippen molar-refractivity contribution < 1.29 is 48.3 Å². The topological polar surface area (TPSA) is 77.2 Å². The van der Waals surface area contributed by atoms with Crippen LogP contribution in [-0.2, 0) is 31.5 Å². The Hall–Kier alpha value is -2.54. The van der Waals surface area contributed by atoms with Crippen LogP contribution in [0.3, 0.4) is 0 Å². The van der Waals surface area contributed by atoms with Crippen LogP contribution in [0.15, 0.2) is 47.4 Å². The van der Waals surface area contributed by atoms with Gasteiger partial charge in [-0.15, -0.1) is 0 Å². The lowest BCUT2D eigenvalue weighted by atomic mass is 9.74. The van der Waals surface area contributed by atoms with Crippen LogP contribution < -0.4 is 5.73 Å². The van der Waals surface area contributed by atoms with Gasteiger partial charge < -0.3 is 5.73 Å². The van der Waals surface area contributed by atoms with Gasteiger partial charge in [-0.25, -0.2) is 17.2 Å². The van der Waals surface area contributed by atoms with Crippen LogP contribution in [0, 0.1) is 11.7 Å². The summed E-state index contributed by atoms with van der Waals surface area (Å²) in [4.78, 5) is 8.63. The second-order valence-corrected chi connectivity index (χ2v) is 11.4. The summed E-state index contributed by atoms with van der Waals surface area (Å²) in [6.45, 7) is 0.455. The summed E-state index contributed by atoms with van der Waals surface area (Å²) < 4.78 is 125. The predicted molar refractivity (Wildman–Crippen MR) is 117 cm³/mol. The summed E-state index contributed by atoms with van der Waals surface area (Å²) in [6.07, 6.45) is -9.53. The maximum atomic E-state index is 14.6. The average molecular weight is 558 g/mol. The summed E-state index contributed by atoms with van der Waals surface area (Å²) in [7, 11) is -4.06. The van der Waals surface area contributed by atoms with E-state index in [1.165, 1.54) is 18.2 Å². The molecule has 0 aliphatic heterocycles. The number of aldehydes is 1. The van der Waals surface area contributed by atoms with Gasteiger partial charge in [-0.3, -0.25) is 4.79 Å². The van der Waals surface area contributed by atoms with E-state index >= 15 is 0 Å². The van der Waals surface area contributed by atoms with Gasteiger partial charge in [0.2, 0.25) is 12.0 Å². The largest absolute Gasteiger partial charge is 0.446 e. The molecular formula is C24H23F8NO3S. The third kappa shape index (κ3) is 5.12. The Morgan fingerprint density at radius 3 is 2.05 bits per heavy atom. The lowest BCUT2D eigenvalue weighted by Gasteiger charge is -2.42. The standard InChI is InChI=1S/C22H22F5NO2S.C2HF3O/c1-20(24,22(25,26)27)14-3-9-17-13(12-14)2-8-18-19(28)10-11-21(17,18)31(29,30)16-6-4-15(23)5-7-16;3-2(4,5)1-6/h3-7,9,12,18-19H,2,8,10-11,28H2,1H3;1H/t18-,19-,20?,21+;/m0./s1. The van der Waals surface area contributed by atoms with Crippen molar-refractivity contribution in [3.8, 4) is 0 Å². The zero-order chi connectivity index (χ0) is 28.0. The second-order valence-electron chi connectivity index (χ2n) is 9.23. The molecule has 0 heterocycles. The Bertz CT molecular complexity index is 1260. The number of halogens is 8. The average Bonchev–Trinajstić information content (AvgIpc) is 3.16. The van der Waals surface area contributed by atoms with Crippen LogP contribution in [0.25, 0.3) is 0 Å². The third-order valence-corrected chi connectivity index (χ3v) is 9.64. The molecule has 0 radical (unpaired) electrons. The Morgan fingerprint density at radius 2 is 1.54 bits per heavy atom. The second kappa shape index (κ2) is 9.64. The molecule has 1 saturated carbocycles. The molecule has 4 atom stereocenters. The first kappa shape index (κ1) is 29.0. The minimum atomic E-state index is -5.11. The summed E-state index contributed by atoms with van der Waals surface area (Å²) in [5, 5.41) is 0. The van der Waals surface area contributed by atoms with Crippen LogP contribution in [0.1, 0.15) is 42.9 Å². The molecule has 2 N–H and O–H groups in total. The van der Waals surface area contributed by atoms with Gasteiger partial charge >= 0.3 is 12.4 Å². The molecule has 13 heteroatoms. The highest BCUT2D eigenvalue weighted by molar-refractivity contribution is 7.92. The first-order chi connectivity index (χ1) is 16.9. The number of aryl methyl sites for hydroxylation is 1. The van der Waals surface area contributed by atoms with Crippen LogP contribution in [0.2, 0.25) is 0 Å². The van der Waals surface area contributed by atoms with Gasteiger partial charge in [0.25, 0.3) is 0 Å². The fraction of sp³-hybridized carbons (Fsp3) is 0.458. The van der Waals surface area contributed by atoms with E-state index in [1.807, 2.05) is 0 Å². The quantitative estimate of drug-likeness (QED) is 0.300. The van der Waals surface area contributed by atoms with Gasteiger partial charge in [0, 0.05) is 6.04 Å². The predicted octanol–water partition coefficient (Wildman–Crippen LogP) is 5.67. The highest BCUT2D eigenvalue weighted by Gasteiger charge is 2.60. The fourth-order valence-corrected chi connectivity index (χ4v) is 7.66. The molecule has 2 aliphatic carbocycles. The van der Waals surface area contributed by atoms with E-state index in [1.54, 1.807) is 0 Å². The molecule has 4 nitrogen and oxygen atoms in total. The molecule has 0 saturated heterocycles. The summed E-state index contributed by atoms with van der Waals surface area (Å²) in [5.74, 6) is -1.03. The number of hydrogen-bond acceptors (Lipinski definition) is 4. The Balaban J connectivity index is 0.000000568. The molecule has 0 amide bonds. The van der Waals surface area contributed by atoms with Crippen molar-refractivity contribution in [2.45, 2.75) is 66.3 Å². The van der Waals surface area contributed by atoms with Crippen LogP contribution in [0.5, 0.6) is 0 Å². The van der Waals surface area contributed by atoms with Crippen LogP contribution >= 0.6 is 0 Å². The number of hydrogen-bond donors (Lipinski definition) is 1. The minimum Gasteiger partial charge on any atom is -0.327 e. The number of sulfone groups is 1. The van der Waals surface area contributed by atoms with E-state index in [4.69, 9.17) is 10.5 Å². The van der Waals surface area contributed by atoms with E-state index in [0.29, 0.717) is 37.3 Å². The molecule has 1 fully saturated rings. The molecule has 0 aromatic heterocycles. The molecular weight excluding hydrogens is 534 g/mol. The molecule has 37 heavy (non-hydrogen) atoms. The Labute approximate surface area is 207 Å². The van der Waals surface area contributed by atoms with Crippen molar-refractivity contribution in [1.29, 1.82) is 0 Å². The maximum absolute atomic E-state index is 14.6. The number of carbonyl (C=O) groups excluding carboxylic acids is 1. The van der Waals surface area contributed by atoms with Gasteiger partial charge in [0.15, 0.2) is 9.84 Å². The van der Waals surface area contributed by atoms with Crippen molar-refractivity contribution >= 4 is 16.1 Å². The molecule has 1 unspecified atom stereocenters. The summed E-state index contributed by atoms with van der Waals surface area (Å²) in [6, 6.07) is 7.53. The van der Waals surface area contributed by atoms with Crippen LogP contribution in [-0.4, -0.2) is 33.1 Å². The van der Waals surface area contributed by atoms with E-state index in [2.05, 4.69) is 0 Å². The summed E-state index contributed by atoms with van der Waals surface area (Å²) in [5.41, 5.74) is 2.87. The number of alkyl halides is 7. The van der Waals surface area contributed by atoms with E-state index in [9.17, 15) is 43.5 Å². The number of carbonyl (C=O) groups is 1. The van der Waals surface area contributed by atoms with Crippen molar-refractivity contribution in [3.63, 3.8) is 0 Å². The molecule has 204 valence electrons. The van der Waals surface area contributed by atoms with E-state index in [0.717, 1.165) is 24.3 Å². The number of benzene rings is 2. The van der Waals surface area contributed by atoms with Crippen molar-refractivity contribution in [2.75, 3.05) is 0 Å². The molecule has 2 aromatic carbocycles. The number of nitrogens with two attached hydrogens (primary N) is 1. The SMILES string of the molecule is CC(F)(c1ccc2c(c1)CC[C@H]1[C@@H](N)CC[C@@]21S(=O)(=O)c1ccc(F)cc1)C(F)(F)F.O=CC(F)(F)F. The maximum Gasteiger partial charge on any atom is 0.446 e. The number of fused-ring (bicyclic) bond motifs is 3. The zero-order valence-electron chi connectivity index (χ0n) is 19.3. The minimum absolute atomic E-state index is 0.0736. The monoisotopic (exact) mass is 557 g/mol. The smallest absolute Gasteiger partial charge is 0.327 e. The van der Waals surface area contributed by atoms with Gasteiger partial charge in [-0.05, 0) is 79.5 Å². The fourth-order valence-electron chi connectivity index (χ4n) is 5.18. The molecule has 0 bridgehead atoms. The van der Waals surface area contributed by atoms with Gasteiger partial charge in [-0.1, -0.05) is 18.2 Å². The molecule has 2 aromatic rings. The molecule has 2 aliphatic rings. The van der Waals surface area contributed by atoms with E-state index < -0.39 is 62.2 Å². The van der Waals surface area contributed by atoms with Gasteiger partial charge in [0.05, 0.1) is 4.90 Å². The highest BCUT2D eigenvalue weighted by Crippen LogP contribution is 2.57. The van der Waals surface area contributed by atoms with Crippen LogP contribution in [0.4, 0.5) is 35.1 Å². The molecule has 4 rings (SSSR count). The molecule has 0 spiro atoms. The number of rotatable bonds is 3.